The Labute approximate surface area is 194 Å². The summed E-state index contributed by atoms with van der Waals surface area (Å²) in [6.45, 7) is 13.8. The number of piperidine rings is 1. The van der Waals surface area contributed by atoms with E-state index in [1.54, 1.807) is 0 Å². The minimum absolute atomic E-state index is 0.265. The highest BCUT2D eigenvalue weighted by Gasteiger charge is 2.22. The first-order chi connectivity index (χ1) is 15.2. The lowest BCUT2D eigenvalue weighted by Crippen LogP contribution is -2.47. The fourth-order valence-electron chi connectivity index (χ4n) is 3.93. The summed E-state index contributed by atoms with van der Waals surface area (Å²) >= 11 is 0. The number of carbonyl (C=O) groups excluding carboxylic acids is 1. The van der Waals surface area contributed by atoms with Gasteiger partial charge in [-0.2, -0.15) is 0 Å². The van der Waals surface area contributed by atoms with E-state index in [1.807, 2.05) is 27.8 Å². The molecule has 0 aliphatic carbocycles. The SMILES string of the molecule is CN=C(NCCc1cc(C)cc(C)c1)N1CCC(OCCCNC(=O)OC(C)(C)C)CC1. The quantitative estimate of drug-likeness (QED) is 0.361. The van der Waals surface area contributed by atoms with Crippen molar-refractivity contribution in [2.24, 2.45) is 4.99 Å². The van der Waals surface area contributed by atoms with Crippen molar-refractivity contribution in [2.45, 2.75) is 72.0 Å². The van der Waals surface area contributed by atoms with Crippen molar-refractivity contribution < 1.29 is 14.3 Å². The molecule has 7 heteroatoms. The molecule has 0 aromatic heterocycles. The molecule has 2 rings (SSSR count). The summed E-state index contributed by atoms with van der Waals surface area (Å²) in [6, 6.07) is 6.71. The molecule has 7 nitrogen and oxygen atoms in total. The average Bonchev–Trinajstić information content (AvgIpc) is 2.69. The van der Waals surface area contributed by atoms with E-state index in [9.17, 15) is 4.79 Å². The number of aryl methyl sites for hydroxylation is 2. The van der Waals surface area contributed by atoms with Crippen LogP contribution >= 0.6 is 0 Å². The first-order valence-corrected chi connectivity index (χ1v) is 11.8. The average molecular weight is 447 g/mol. The van der Waals surface area contributed by atoms with Crippen molar-refractivity contribution in [3.63, 3.8) is 0 Å². The third-order valence-electron chi connectivity index (χ3n) is 5.27. The second-order valence-corrected chi connectivity index (χ2v) is 9.56. The van der Waals surface area contributed by atoms with Crippen LogP contribution in [0.3, 0.4) is 0 Å². The molecule has 1 saturated heterocycles. The third-order valence-corrected chi connectivity index (χ3v) is 5.27. The van der Waals surface area contributed by atoms with Crippen molar-refractivity contribution in [3.8, 4) is 0 Å². The fraction of sp³-hybridized carbons (Fsp3) is 0.680. The molecule has 1 aliphatic rings. The van der Waals surface area contributed by atoms with Crippen molar-refractivity contribution in [1.29, 1.82) is 0 Å². The Morgan fingerprint density at radius 1 is 1.09 bits per heavy atom. The van der Waals surface area contributed by atoms with E-state index in [4.69, 9.17) is 9.47 Å². The molecule has 1 aliphatic heterocycles. The highest BCUT2D eigenvalue weighted by Crippen LogP contribution is 2.14. The van der Waals surface area contributed by atoms with Crippen LogP contribution in [-0.2, 0) is 15.9 Å². The number of rotatable bonds is 8. The number of benzene rings is 1. The Kier molecular flexibility index (Phi) is 10.3. The summed E-state index contributed by atoms with van der Waals surface area (Å²) in [5, 5.41) is 6.28. The summed E-state index contributed by atoms with van der Waals surface area (Å²) in [6.07, 6.45) is 3.62. The predicted octanol–water partition coefficient (Wildman–Crippen LogP) is 3.82. The Bertz CT molecular complexity index is 730. The maximum atomic E-state index is 11.6. The van der Waals surface area contributed by atoms with Gasteiger partial charge in [0.25, 0.3) is 0 Å². The number of hydrogen-bond acceptors (Lipinski definition) is 4. The Morgan fingerprint density at radius 3 is 2.34 bits per heavy atom. The van der Waals surface area contributed by atoms with Crippen LogP contribution in [0.1, 0.15) is 56.7 Å². The van der Waals surface area contributed by atoms with E-state index in [1.165, 1.54) is 16.7 Å². The molecular formula is C25H42N4O3. The first kappa shape index (κ1) is 26.0. The first-order valence-electron chi connectivity index (χ1n) is 11.8. The van der Waals surface area contributed by atoms with Gasteiger partial charge in [0, 0.05) is 39.8 Å². The number of ether oxygens (including phenoxy) is 2. The van der Waals surface area contributed by atoms with E-state index in [0.717, 1.165) is 51.3 Å². The Morgan fingerprint density at radius 2 is 1.75 bits per heavy atom. The van der Waals surface area contributed by atoms with Gasteiger partial charge in [0.2, 0.25) is 0 Å². The highest BCUT2D eigenvalue weighted by atomic mass is 16.6. The minimum atomic E-state index is -0.469. The molecular weight excluding hydrogens is 404 g/mol. The number of likely N-dealkylation sites (tertiary alicyclic amines) is 1. The van der Waals surface area contributed by atoms with E-state index in [2.05, 4.69) is 52.6 Å². The van der Waals surface area contributed by atoms with Gasteiger partial charge in [-0.25, -0.2) is 4.79 Å². The molecule has 0 radical (unpaired) electrons. The van der Waals surface area contributed by atoms with Crippen LogP contribution in [0.15, 0.2) is 23.2 Å². The van der Waals surface area contributed by atoms with Crippen LogP contribution in [-0.4, -0.2) is 68.5 Å². The molecule has 1 aromatic carbocycles. The number of guanidine groups is 1. The fourth-order valence-corrected chi connectivity index (χ4v) is 3.93. The van der Waals surface area contributed by atoms with Gasteiger partial charge >= 0.3 is 6.09 Å². The summed E-state index contributed by atoms with van der Waals surface area (Å²) in [5.41, 5.74) is 3.52. The summed E-state index contributed by atoms with van der Waals surface area (Å²) in [7, 11) is 1.85. The molecule has 1 fully saturated rings. The minimum Gasteiger partial charge on any atom is -0.444 e. The smallest absolute Gasteiger partial charge is 0.407 e. The second-order valence-electron chi connectivity index (χ2n) is 9.56. The monoisotopic (exact) mass is 446 g/mol. The zero-order valence-electron chi connectivity index (χ0n) is 20.8. The number of alkyl carbamates (subject to hydrolysis) is 1. The van der Waals surface area contributed by atoms with E-state index in [0.29, 0.717) is 13.2 Å². The van der Waals surface area contributed by atoms with Gasteiger partial charge in [-0.3, -0.25) is 4.99 Å². The normalized spacial score (nSPS) is 15.6. The van der Waals surface area contributed by atoms with Gasteiger partial charge in [0.1, 0.15) is 5.60 Å². The van der Waals surface area contributed by atoms with Gasteiger partial charge in [-0.15, -0.1) is 0 Å². The Hall–Kier alpha value is -2.28. The molecule has 1 amide bonds. The molecule has 0 unspecified atom stereocenters. The number of nitrogens with one attached hydrogen (secondary N) is 2. The largest absolute Gasteiger partial charge is 0.444 e. The van der Waals surface area contributed by atoms with Crippen LogP contribution < -0.4 is 10.6 Å². The van der Waals surface area contributed by atoms with Gasteiger partial charge in [0.15, 0.2) is 5.96 Å². The van der Waals surface area contributed by atoms with Crippen molar-refractivity contribution in [3.05, 3.63) is 34.9 Å². The molecule has 1 heterocycles. The number of carbonyl (C=O) groups is 1. The van der Waals surface area contributed by atoms with Gasteiger partial charge in [-0.05, 0) is 65.9 Å². The highest BCUT2D eigenvalue weighted by molar-refractivity contribution is 5.80. The summed E-state index contributed by atoms with van der Waals surface area (Å²) in [5.74, 6) is 0.967. The number of hydrogen-bond donors (Lipinski definition) is 2. The second kappa shape index (κ2) is 12.7. The Balaban J connectivity index is 1.61. The van der Waals surface area contributed by atoms with E-state index in [-0.39, 0.29) is 12.2 Å². The van der Waals surface area contributed by atoms with Crippen molar-refractivity contribution in [2.75, 3.05) is 39.8 Å². The number of aliphatic imine (C=N–C) groups is 1. The number of amides is 1. The van der Waals surface area contributed by atoms with Crippen LogP contribution in [0.5, 0.6) is 0 Å². The molecule has 0 bridgehead atoms. The summed E-state index contributed by atoms with van der Waals surface area (Å²) < 4.78 is 11.2. The molecule has 0 atom stereocenters. The molecule has 1 aromatic rings. The molecule has 2 N–H and O–H groups in total. The standard InChI is InChI=1S/C25H42N4O3/c1-19-16-20(2)18-21(17-19)8-12-27-23(26-6)29-13-9-22(10-14-29)31-15-7-11-28-24(30)32-25(3,4)5/h16-18,22H,7-15H2,1-6H3,(H,26,27)(H,28,30). The topological polar surface area (TPSA) is 75.2 Å². The zero-order valence-corrected chi connectivity index (χ0v) is 20.8. The molecule has 180 valence electrons. The zero-order chi connectivity index (χ0) is 23.6. The molecule has 0 spiro atoms. The lowest BCUT2D eigenvalue weighted by Gasteiger charge is -2.34. The number of nitrogens with zero attached hydrogens (tertiary/aromatic N) is 2. The van der Waals surface area contributed by atoms with Crippen molar-refractivity contribution in [1.82, 2.24) is 15.5 Å². The maximum Gasteiger partial charge on any atom is 0.407 e. The van der Waals surface area contributed by atoms with Gasteiger partial charge in [0.05, 0.1) is 6.10 Å². The van der Waals surface area contributed by atoms with Gasteiger partial charge < -0.3 is 25.0 Å². The summed E-state index contributed by atoms with van der Waals surface area (Å²) in [4.78, 5) is 18.4. The lowest BCUT2D eigenvalue weighted by molar-refractivity contribution is 0.0170. The van der Waals surface area contributed by atoms with Crippen LogP contribution in [0.25, 0.3) is 0 Å². The van der Waals surface area contributed by atoms with Gasteiger partial charge in [-0.1, -0.05) is 29.3 Å². The van der Waals surface area contributed by atoms with Crippen LogP contribution in [0.2, 0.25) is 0 Å². The van der Waals surface area contributed by atoms with E-state index >= 15 is 0 Å². The maximum absolute atomic E-state index is 11.6. The molecule has 0 saturated carbocycles. The van der Waals surface area contributed by atoms with Crippen LogP contribution in [0, 0.1) is 13.8 Å². The van der Waals surface area contributed by atoms with Crippen LogP contribution in [0.4, 0.5) is 4.79 Å². The lowest BCUT2D eigenvalue weighted by atomic mass is 10.1. The predicted molar refractivity (Wildman–Crippen MR) is 130 cm³/mol. The van der Waals surface area contributed by atoms with E-state index < -0.39 is 5.60 Å². The van der Waals surface area contributed by atoms with Crippen molar-refractivity contribution >= 4 is 12.1 Å². The third kappa shape index (κ3) is 9.90. The molecule has 32 heavy (non-hydrogen) atoms.